The molecule has 0 aliphatic rings. The maximum Gasteiger partial charge on any atom is 0.124 e. The first-order valence-electron chi connectivity index (χ1n) is 10.9. The maximum absolute atomic E-state index is 5.95. The zero-order valence-electron chi connectivity index (χ0n) is 19.6. The topological polar surface area (TPSA) is 39.7 Å². The Bertz CT molecular complexity index is 742. The minimum Gasteiger partial charge on any atom is -0.491 e. The summed E-state index contributed by atoms with van der Waals surface area (Å²) < 4.78 is 17.3. The van der Waals surface area contributed by atoms with Gasteiger partial charge in [-0.15, -0.1) is 0 Å². The molecule has 0 saturated carbocycles. The smallest absolute Gasteiger partial charge is 0.124 e. The third-order valence-corrected chi connectivity index (χ3v) is 4.66. The minimum atomic E-state index is -0.0878. The van der Waals surface area contributed by atoms with E-state index >= 15 is 0 Å². The highest BCUT2D eigenvalue weighted by molar-refractivity contribution is 5.47. The van der Waals surface area contributed by atoms with Crippen molar-refractivity contribution in [2.75, 3.05) is 31.7 Å². The Hall–Kier alpha value is -2.04. The number of ether oxygens (including phenoxy) is 3. The van der Waals surface area contributed by atoms with Crippen molar-refractivity contribution in [3.05, 3.63) is 59.7 Å². The van der Waals surface area contributed by atoms with Gasteiger partial charge in [-0.05, 0) is 56.4 Å². The monoisotopic (exact) mass is 413 g/mol. The predicted octanol–water partition coefficient (Wildman–Crippen LogP) is 6.20. The van der Waals surface area contributed by atoms with Gasteiger partial charge in [0.05, 0.1) is 12.2 Å². The van der Waals surface area contributed by atoms with E-state index < -0.39 is 0 Å². The van der Waals surface area contributed by atoms with E-state index in [1.54, 1.807) is 0 Å². The van der Waals surface area contributed by atoms with Crippen LogP contribution in [0.15, 0.2) is 48.5 Å². The normalized spacial score (nSPS) is 12.1. The summed E-state index contributed by atoms with van der Waals surface area (Å²) >= 11 is 0. The van der Waals surface area contributed by atoms with Crippen LogP contribution in [0.4, 0.5) is 5.69 Å². The zero-order valence-corrected chi connectivity index (χ0v) is 19.6. The van der Waals surface area contributed by atoms with E-state index in [9.17, 15) is 0 Å². The fourth-order valence-electron chi connectivity index (χ4n) is 2.93. The van der Waals surface area contributed by atoms with E-state index in [0.717, 1.165) is 36.6 Å². The van der Waals surface area contributed by atoms with E-state index in [1.165, 1.54) is 5.56 Å². The number of rotatable bonds is 11. The molecule has 0 aliphatic heterocycles. The van der Waals surface area contributed by atoms with Crippen molar-refractivity contribution >= 4 is 5.69 Å². The summed E-state index contributed by atoms with van der Waals surface area (Å²) in [5.41, 5.74) is 3.66. The standard InChI is InChI=1S/C26H39NO3/c1-25(2,3)22-12-14-23(15-13-22)27-20-21-10-7-8-11-24(21)29-19-18-28-16-9-17-30-26(4,5)6/h7-8,10-15,27H,9,16-20H2,1-6H3. The zero-order chi connectivity index (χ0) is 22.0. The highest BCUT2D eigenvalue weighted by atomic mass is 16.5. The van der Waals surface area contributed by atoms with Gasteiger partial charge in [-0.2, -0.15) is 0 Å². The lowest BCUT2D eigenvalue weighted by molar-refractivity contribution is -0.0152. The Morgan fingerprint density at radius 3 is 2.13 bits per heavy atom. The molecule has 4 nitrogen and oxygen atoms in total. The highest BCUT2D eigenvalue weighted by Gasteiger charge is 2.13. The molecule has 0 bridgehead atoms. The van der Waals surface area contributed by atoms with Crippen molar-refractivity contribution in [2.24, 2.45) is 0 Å². The molecule has 0 saturated heterocycles. The molecular weight excluding hydrogens is 374 g/mol. The predicted molar refractivity (Wildman–Crippen MR) is 126 cm³/mol. The van der Waals surface area contributed by atoms with Crippen molar-refractivity contribution in [3.63, 3.8) is 0 Å². The molecule has 0 atom stereocenters. The molecule has 2 aromatic rings. The second kappa shape index (κ2) is 11.4. The van der Waals surface area contributed by atoms with Crippen LogP contribution in [0.25, 0.3) is 0 Å². The van der Waals surface area contributed by atoms with Crippen molar-refractivity contribution in [1.82, 2.24) is 0 Å². The molecule has 0 radical (unpaired) electrons. The molecule has 0 heterocycles. The highest BCUT2D eigenvalue weighted by Crippen LogP contribution is 2.24. The van der Waals surface area contributed by atoms with Gasteiger partial charge in [0.15, 0.2) is 0 Å². The van der Waals surface area contributed by atoms with Crippen molar-refractivity contribution < 1.29 is 14.2 Å². The van der Waals surface area contributed by atoms with Gasteiger partial charge in [0.2, 0.25) is 0 Å². The van der Waals surface area contributed by atoms with Gasteiger partial charge in [0, 0.05) is 31.0 Å². The van der Waals surface area contributed by atoms with Crippen LogP contribution in [-0.4, -0.2) is 32.0 Å². The molecule has 30 heavy (non-hydrogen) atoms. The Labute approximate surface area is 182 Å². The molecule has 0 aliphatic carbocycles. The van der Waals surface area contributed by atoms with Gasteiger partial charge in [-0.3, -0.25) is 0 Å². The second-order valence-electron chi connectivity index (χ2n) is 9.56. The van der Waals surface area contributed by atoms with E-state index in [2.05, 4.69) is 77.2 Å². The summed E-state index contributed by atoms with van der Waals surface area (Å²) in [6.07, 6.45) is 0.895. The third-order valence-electron chi connectivity index (χ3n) is 4.66. The minimum absolute atomic E-state index is 0.0878. The first kappa shape index (κ1) is 24.2. The first-order valence-corrected chi connectivity index (χ1v) is 10.9. The molecule has 4 heteroatoms. The number of hydrogen-bond acceptors (Lipinski definition) is 4. The van der Waals surface area contributed by atoms with Crippen LogP contribution < -0.4 is 10.1 Å². The lowest BCUT2D eigenvalue weighted by Crippen LogP contribution is -2.20. The molecular formula is C26H39NO3. The van der Waals surface area contributed by atoms with Crippen LogP contribution in [0.1, 0.15) is 59.1 Å². The van der Waals surface area contributed by atoms with E-state index in [1.807, 2.05) is 18.2 Å². The molecule has 2 aromatic carbocycles. The van der Waals surface area contributed by atoms with Gasteiger partial charge in [0.25, 0.3) is 0 Å². The maximum atomic E-state index is 5.95. The quantitative estimate of drug-likeness (QED) is 0.445. The SMILES string of the molecule is CC(C)(C)OCCCOCCOc1ccccc1CNc1ccc(C(C)(C)C)cc1. The number of benzene rings is 2. The van der Waals surface area contributed by atoms with Crippen LogP contribution >= 0.6 is 0 Å². The average molecular weight is 414 g/mol. The fraction of sp³-hybridized carbons (Fsp3) is 0.538. The lowest BCUT2D eigenvalue weighted by atomic mass is 9.87. The van der Waals surface area contributed by atoms with Gasteiger partial charge >= 0.3 is 0 Å². The summed E-state index contributed by atoms with van der Waals surface area (Å²) in [5, 5.41) is 3.49. The van der Waals surface area contributed by atoms with Crippen molar-refractivity contribution in [3.8, 4) is 5.75 Å². The second-order valence-corrected chi connectivity index (χ2v) is 9.56. The molecule has 0 aromatic heterocycles. The largest absolute Gasteiger partial charge is 0.491 e. The van der Waals surface area contributed by atoms with Crippen LogP contribution in [0.2, 0.25) is 0 Å². The fourth-order valence-corrected chi connectivity index (χ4v) is 2.93. The van der Waals surface area contributed by atoms with Crippen LogP contribution in [-0.2, 0) is 21.4 Å². The summed E-state index contributed by atoms with van der Waals surface area (Å²) in [4.78, 5) is 0. The van der Waals surface area contributed by atoms with Crippen LogP contribution in [0, 0.1) is 0 Å². The summed E-state index contributed by atoms with van der Waals surface area (Å²) in [6, 6.07) is 16.8. The van der Waals surface area contributed by atoms with E-state index in [-0.39, 0.29) is 11.0 Å². The van der Waals surface area contributed by atoms with Gasteiger partial charge in [-0.25, -0.2) is 0 Å². The molecule has 0 spiro atoms. The van der Waals surface area contributed by atoms with E-state index in [0.29, 0.717) is 19.8 Å². The van der Waals surface area contributed by atoms with Gasteiger partial charge < -0.3 is 19.5 Å². The Balaban J connectivity index is 1.73. The molecule has 0 unspecified atom stereocenters. The number of anilines is 1. The summed E-state index contributed by atoms with van der Waals surface area (Å²) in [6.45, 7) is 16.1. The van der Waals surface area contributed by atoms with Crippen molar-refractivity contribution in [1.29, 1.82) is 0 Å². The molecule has 0 fully saturated rings. The summed E-state index contributed by atoms with van der Waals surface area (Å²) in [7, 11) is 0. The molecule has 1 N–H and O–H groups in total. The van der Waals surface area contributed by atoms with Gasteiger partial charge in [-0.1, -0.05) is 51.1 Å². The van der Waals surface area contributed by atoms with E-state index in [4.69, 9.17) is 14.2 Å². The van der Waals surface area contributed by atoms with Crippen LogP contribution in [0.3, 0.4) is 0 Å². The number of para-hydroxylation sites is 1. The average Bonchev–Trinajstić information content (AvgIpc) is 2.68. The first-order chi connectivity index (χ1) is 14.1. The molecule has 0 amide bonds. The molecule has 166 valence electrons. The number of nitrogens with one attached hydrogen (secondary N) is 1. The van der Waals surface area contributed by atoms with Gasteiger partial charge in [0.1, 0.15) is 12.4 Å². The van der Waals surface area contributed by atoms with Crippen LogP contribution in [0.5, 0.6) is 5.75 Å². The Kier molecular flexibility index (Phi) is 9.19. The Morgan fingerprint density at radius 1 is 0.767 bits per heavy atom. The summed E-state index contributed by atoms with van der Waals surface area (Å²) in [5.74, 6) is 0.899. The lowest BCUT2D eigenvalue weighted by Gasteiger charge is -2.19. The molecule has 2 rings (SSSR count). The number of hydrogen-bond donors (Lipinski definition) is 1. The Morgan fingerprint density at radius 2 is 1.47 bits per heavy atom. The third kappa shape index (κ3) is 9.19. The van der Waals surface area contributed by atoms with Crippen molar-refractivity contribution in [2.45, 2.75) is 65.5 Å².